The lowest BCUT2D eigenvalue weighted by Gasteiger charge is -2.39. The Morgan fingerprint density at radius 2 is 1.59 bits per heavy atom. The van der Waals surface area contributed by atoms with Gasteiger partial charge in [-0.3, -0.25) is 24.0 Å². The van der Waals surface area contributed by atoms with Crippen LogP contribution in [0.4, 0.5) is 19.3 Å². The van der Waals surface area contributed by atoms with Crippen LogP contribution in [0, 0.1) is 17.6 Å². The molecule has 4 aliphatic rings. The molecule has 19 heteroatoms. The molecular weight excluding hydrogens is 796 g/mol. The van der Waals surface area contributed by atoms with E-state index in [0.29, 0.717) is 18.9 Å². The van der Waals surface area contributed by atoms with E-state index >= 15 is 0 Å². The number of aliphatic hydroxyl groups is 1. The van der Waals surface area contributed by atoms with E-state index in [9.17, 15) is 47.4 Å². The third-order valence-electron chi connectivity index (χ3n) is 11.2. The number of amides is 7. The van der Waals surface area contributed by atoms with Crippen molar-refractivity contribution in [2.24, 2.45) is 5.92 Å². The number of nitrogens with one attached hydrogen (secondary N) is 4. The van der Waals surface area contributed by atoms with E-state index in [1.54, 1.807) is 12.1 Å². The van der Waals surface area contributed by atoms with Crippen LogP contribution in [0.3, 0.4) is 0 Å². The smallest absolute Gasteiger partial charge is 0.329 e. The van der Waals surface area contributed by atoms with Gasteiger partial charge in [0.1, 0.15) is 54.0 Å². The van der Waals surface area contributed by atoms with Gasteiger partial charge >= 0.3 is 12.0 Å². The molecule has 5 N–H and O–H groups in total. The standard InChI is InChI=1S/C40H48ClF2N7O9/c1-20-12-32-39(57)59-22(3)33(47-34(52)29(15-23-13-24(42)16-25(43)14-23)46-40(58)45-28-9-5-4-8-27(28)41)38(56)50-19-26(51)17-31(50)37(55)48-11-7-6-10-30(48)35(53)44-21(2)36(54)49(32)18-20/h4-5,8-9,13-14,16,20-22,26,29-33,51H,6-7,10-12,15,17-19H2,1-3H3,(H,44,53)(H,47,52)(H2,45,46,58)/t20-,21+,22+,26-,29+,30+,31+,32+,33+/m1/s1. The average Bonchev–Trinajstić information content (AvgIpc) is 3.78. The number of nitrogens with zero attached hydrogens (tertiary/aromatic N) is 3. The third kappa shape index (κ3) is 9.92. The number of hydrogen-bond acceptors (Lipinski definition) is 9. The summed E-state index contributed by atoms with van der Waals surface area (Å²) in [5.74, 6) is -6.70. The second kappa shape index (κ2) is 18.3. The molecule has 0 spiro atoms. The highest BCUT2D eigenvalue weighted by molar-refractivity contribution is 6.33. The number of carbonyl (C=O) groups excluding carboxylic acids is 7. The summed E-state index contributed by atoms with van der Waals surface area (Å²) in [6.07, 6.45) is -1.70. The number of urea groups is 1. The van der Waals surface area contributed by atoms with Crippen LogP contribution in [-0.4, -0.2) is 129 Å². The largest absolute Gasteiger partial charge is 0.458 e. The van der Waals surface area contributed by atoms with Crippen LogP contribution in [0.25, 0.3) is 0 Å². The zero-order valence-electron chi connectivity index (χ0n) is 32.8. The number of aliphatic hydroxyl groups excluding tert-OH is 1. The number of benzene rings is 2. The van der Waals surface area contributed by atoms with E-state index < -0.39 is 108 Å². The van der Waals surface area contributed by atoms with Gasteiger partial charge in [0.2, 0.25) is 29.5 Å². The Morgan fingerprint density at radius 1 is 0.898 bits per heavy atom. The molecule has 59 heavy (non-hydrogen) atoms. The molecule has 318 valence electrons. The molecule has 9 atom stereocenters. The molecule has 0 saturated carbocycles. The normalized spacial score (nSPS) is 28.5. The van der Waals surface area contributed by atoms with E-state index in [1.165, 1.54) is 35.8 Å². The van der Waals surface area contributed by atoms with E-state index in [-0.39, 0.29) is 61.1 Å². The van der Waals surface area contributed by atoms with Crippen LogP contribution in [0.1, 0.15) is 58.4 Å². The van der Waals surface area contributed by atoms with Gasteiger partial charge in [0, 0.05) is 38.5 Å². The first-order valence-corrected chi connectivity index (χ1v) is 20.1. The second-order valence-electron chi connectivity index (χ2n) is 15.8. The second-order valence-corrected chi connectivity index (χ2v) is 16.2. The van der Waals surface area contributed by atoms with Crippen molar-refractivity contribution >= 4 is 58.8 Å². The summed E-state index contributed by atoms with van der Waals surface area (Å²) in [6.45, 7) is 4.63. The fourth-order valence-corrected chi connectivity index (χ4v) is 8.46. The molecule has 2 aromatic carbocycles. The molecule has 0 aromatic heterocycles. The first-order valence-electron chi connectivity index (χ1n) is 19.7. The predicted octanol–water partition coefficient (Wildman–Crippen LogP) is 1.87. The fraction of sp³-hybridized carbons (Fsp3) is 0.525. The minimum absolute atomic E-state index is 0.0349. The first kappa shape index (κ1) is 43.2. The summed E-state index contributed by atoms with van der Waals surface area (Å²) in [5, 5.41) is 21.3. The van der Waals surface area contributed by atoms with Crippen LogP contribution in [0.2, 0.25) is 5.02 Å². The maximum atomic E-state index is 14.7. The lowest BCUT2D eigenvalue weighted by molar-refractivity contribution is -0.163. The maximum absolute atomic E-state index is 14.7. The molecule has 4 heterocycles. The molecule has 7 amide bonds. The minimum atomic E-state index is -1.76. The van der Waals surface area contributed by atoms with E-state index in [1.807, 2.05) is 6.92 Å². The summed E-state index contributed by atoms with van der Waals surface area (Å²) in [4.78, 5) is 102. The number of fused-ring (bicyclic) bond motifs is 3. The molecule has 16 nitrogen and oxygen atoms in total. The number of carbonyl (C=O) groups is 7. The maximum Gasteiger partial charge on any atom is 0.329 e. The molecular formula is C40H48ClF2N7O9. The molecule has 0 aliphatic carbocycles. The van der Waals surface area contributed by atoms with Gasteiger partial charge in [0.15, 0.2) is 0 Å². The highest BCUT2D eigenvalue weighted by atomic mass is 35.5. The minimum Gasteiger partial charge on any atom is -0.458 e. The van der Waals surface area contributed by atoms with Gasteiger partial charge in [0.25, 0.3) is 0 Å². The molecule has 0 radical (unpaired) electrons. The van der Waals surface area contributed by atoms with Crippen molar-refractivity contribution < 1.29 is 52.2 Å². The van der Waals surface area contributed by atoms with E-state index in [4.69, 9.17) is 16.3 Å². The summed E-state index contributed by atoms with van der Waals surface area (Å²) >= 11 is 6.21. The van der Waals surface area contributed by atoms with Crippen LogP contribution in [-0.2, 0) is 39.9 Å². The van der Waals surface area contributed by atoms with Crippen molar-refractivity contribution in [3.8, 4) is 0 Å². The Labute approximate surface area is 344 Å². The van der Waals surface area contributed by atoms with Crippen LogP contribution in [0.5, 0.6) is 0 Å². The van der Waals surface area contributed by atoms with Gasteiger partial charge in [-0.25, -0.2) is 18.4 Å². The van der Waals surface area contributed by atoms with Gasteiger partial charge in [-0.2, -0.15) is 0 Å². The van der Waals surface area contributed by atoms with Crippen LogP contribution in [0.15, 0.2) is 42.5 Å². The number of halogens is 3. The highest BCUT2D eigenvalue weighted by Gasteiger charge is 2.49. The molecule has 0 unspecified atom stereocenters. The van der Waals surface area contributed by atoms with Gasteiger partial charge < -0.3 is 45.8 Å². The Bertz CT molecular complexity index is 1970. The summed E-state index contributed by atoms with van der Waals surface area (Å²) < 4.78 is 34.5. The summed E-state index contributed by atoms with van der Waals surface area (Å²) in [5.41, 5.74) is 0.142. The zero-order chi connectivity index (χ0) is 42.7. The average molecular weight is 844 g/mol. The van der Waals surface area contributed by atoms with E-state index in [0.717, 1.165) is 17.0 Å². The molecule has 4 saturated heterocycles. The number of ether oxygens (including phenoxy) is 1. The number of piperidine rings is 1. The SMILES string of the molecule is C[C@@H]1C[C@H]2C(=O)O[C@@H](C)[C@H](NC(=O)[C@H](Cc3cc(F)cc(F)c3)NC(=O)Nc3ccccc3Cl)C(=O)N3C[C@H](O)C[C@H]3C(=O)N3CCCC[C@H]3C(=O)N[C@@H](C)C(=O)N2C1. The van der Waals surface area contributed by atoms with Crippen LogP contribution >= 0.6 is 11.6 Å². The number of esters is 1. The molecule has 0 bridgehead atoms. The van der Waals surface area contributed by atoms with Gasteiger partial charge in [-0.1, -0.05) is 30.7 Å². The quantitative estimate of drug-likeness (QED) is 0.269. The number of anilines is 1. The number of cyclic esters (lactones) is 1. The Balaban J connectivity index is 1.36. The van der Waals surface area contributed by atoms with Crippen LogP contribution < -0.4 is 21.3 Å². The van der Waals surface area contributed by atoms with Crippen molar-refractivity contribution in [1.29, 1.82) is 0 Å². The van der Waals surface area contributed by atoms with Crippen molar-refractivity contribution in [3.63, 3.8) is 0 Å². The monoisotopic (exact) mass is 843 g/mol. The number of para-hydroxylation sites is 1. The number of rotatable bonds is 6. The Morgan fingerprint density at radius 3 is 2.31 bits per heavy atom. The fourth-order valence-electron chi connectivity index (χ4n) is 8.28. The number of hydrogen-bond donors (Lipinski definition) is 5. The lowest BCUT2D eigenvalue weighted by Crippen LogP contribution is -2.63. The third-order valence-corrected chi connectivity index (χ3v) is 11.5. The van der Waals surface area contributed by atoms with Gasteiger partial charge in [0.05, 0.1) is 16.8 Å². The van der Waals surface area contributed by atoms with E-state index in [2.05, 4.69) is 21.3 Å². The van der Waals surface area contributed by atoms with Gasteiger partial charge in [-0.05, 0) is 75.3 Å². The van der Waals surface area contributed by atoms with Crippen molar-refractivity contribution in [3.05, 3.63) is 64.7 Å². The Hall–Kier alpha value is -5.36. The highest BCUT2D eigenvalue weighted by Crippen LogP contribution is 2.29. The van der Waals surface area contributed by atoms with Crippen molar-refractivity contribution in [2.75, 3.05) is 25.0 Å². The summed E-state index contributed by atoms with van der Waals surface area (Å²) in [7, 11) is 0. The summed E-state index contributed by atoms with van der Waals surface area (Å²) in [6, 6.07) is 0.000113. The zero-order valence-corrected chi connectivity index (χ0v) is 33.5. The van der Waals surface area contributed by atoms with Crippen molar-refractivity contribution in [2.45, 2.75) is 108 Å². The Kier molecular flexibility index (Phi) is 13.4. The molecule has 4 aliphatic heterocycles. The molecule has 4 fully saturated rings. The predicted molar refractivity (Wildman–Crippen MR) is 207 cm³/mol. The lowest BCUT2D eigenvalue weighted by atomic mass is 9.98. The first-order chi connectivity index (χ1) is 28.0. The molecule has 6 rings (SSSR count). The van der Waals surface area contributed by atoms with Gasteiger partial charge in [-0.15, -0.1) is 0 Å². The van der Waals surface area contributed by atoms with Crippen molar-refractivity contribution in [1.82, 2.24) is 30.7 Å². The molecule has 2 aromatic rings. The topological polar surface area (TPSA) is 207 Å².